The Balaban J connectivity index is 1.87. The largest absolute Gasteiger partial charge is 0.313 e. The molecule has 110 valence electrons. The molecule has 3 heteroatoms. The van der Waals surface area contributed by atoms with Crippen LogP contribution in [0.2, 0.25) is 10.0 Å². The number of likely N-dealkylation sites (N-methyl/N-ethyl adjacent to an activating group) is 1. The zero-order chi connectivity index (χ0) is 14.8. The monoisotopic (exact) mass is 319 g/mol. The van der Waals surface area contributed by atoms with Crippen LogP contribution in [0.15, 0.2) is 36.4 Å². The summed E-state index contributed by atoms with van der Waals surface area (Å²) in [5.41, 5.74) is 5.43. The molecule has 2 aromatic carbocycles. The van der Waals surface area contributed by atoms with E-state index >= 15 is 0 Å². The maximum absolute atomic E-state index is 6.32. The van der Waals surface area contributed by atoms with Crippen molar-refractivity contribution < 1.29 is 0 Å². The van der Waals surface area contributed by atoms with Crippen molar-refractivity contribution in [2.45, 2.75) is 31.7 Å². The standard InChI is InChI=1S/C18H19Cl2N/c1-21-17(11-15-6-3-7-16(19)18(15)20)14-9-8-12-4-2-5-13(12)10-14/h3,6-10,17,21H,2,4-5,11H2,1H3. The molecule has 1 N–H and O–H groups in total. The first-order chi connectivity index (χ1) is 10.2. The minimum absolute atomic E-state index is 0.256. The number of nitrogens with one attached hydrogen (secondary N) is 1. The van der Waals surface area contributed by atoms with Crippen molar-refractivity contribution in [3.05, 3.63) is 68.7 Å². The van der Waals surface area contributed by atoms with Crippen molar-refractivity contribution in [3.63, 3.8) is 0 Å². The van der Waals surface area contributed by atoms with Crippen LogP contribution in [-0.4, -0.2) is 7.05 Å². The van der Waals surface area contributed by atoms with E-state index in [0.29, 0.717) is 10.0 Å². The van der Waals surface area contributed by atoms with Gasteiger partial charge < -0.3 is 5.32 Å². The van der Waals surface area contributed by atoms with Gasteiger partial charge in [0.25, 0.3) is 0 Å². The van der Waals surface area contributed by atoms with Crippen LogP contribution >= 0.6 is 23.2 Å². The summed E-state index contributed by atoms with van der Waals surface area (Å²) in [6.07, 6.45) is 4.55. The molecule has 1 unspecified atom stereocenters. The van der Waals surface area contributed by atoms with E-state index in [2.05, 4.69) is 23.5 Å². The Morgan fingerprint density at radius 2 is 1.90 bits per heavy atom. The maximum Gasteiger partial charge on any atom is 0.0624 e. The lowest BCUT2D eigenvalue weighted by molar-refractivity contribution is 0.591. The van der Waals surface area contributed by atoms with Gasteiger partial charge in [0.1, 0.15) is 0 Å². The zero-order valence-corrected chi connectivity index (χ0v) is 13.6. The lowest BCUT2D eigenvalue weighted by Crippen LogP contribution is -2.19. The Morgan fingerprint density at radius 3 is 2.71 bits per heavy atom. The molecule has 0 fully saturated rings. The molecule has 1 aliphatic rings. The maximum atomic E-state index is 6.32. The Hall–Kier alpha value is -1.02. The first-order valence-electron chi connectivity index (χ1n) is 7.41. The predicted octanol–water partition coefficient (Wildman–Crippen LogP) is 4.99. The van der Waals surface area contributed by atoms with E-state index in [9.17, 15) is 0 Å². The van der Waals surface area contributed by atoms with Crippen molar-refractivity contribution in [1.29, 1.82) is 0 Å². The SMILES string of the molecule is CNC(Cc1cccc(Cl)c1Cl)c1ccc2c(c1)CCC2. The summed E-state index contributed by atoms with van der Waals surface area (Å²) in [5.74, 6) is 0. The molecule has 0 heterocycles. The van der Waals surface area contributed by atoms with Crippen molar-refractivity contribution >= 4 is 23.2 Å². The third-order valence-corrected chi connectivity index (χ3v) is 5.19. The van der Waals surface area contributed by atoms with Crippen molar-refractivity contribution in [1.82, 2.24) is 5.32 Å². The molecular weight excluding hydrogens is 301 g/mol. The first-order valence-corrected chi connectivity index (χ1v) is 8.16. The van der Waals surface area contributed by atoms with E-state index in [1.165, 1.54) is 36.0 Å². The van der Waals surface area contributed by atoms with Crippen molar-refractivity contribution in [2.24, 2.45) is 0 Å². The van der Waals surface area contributed by atoms with Gasteiger partial charge in [-0.15, -0.1) is 0 Å². The zero-order valence-electron chi connectivity index (χ0n) is 12.1. The Labute approximate surface area is 136 Å². The van der Waals surface area contributed by atoms with Crippen LogP contribution < -0.4 is 5.32 Å². The fourth-order valence-corrected chi connectivity index (χ4v) is 3.52. The average Bonchev–Trinajstić information content (AvgIpc) is 2.96. The first kappa shape index (κ1) is 14.9. The smallest absolute Gasteiger partial charge is 0.0624 e. The third kappa shape index (κ3) is 3.11. The Morgan fingerprint density at radius 1 is 1.10 bits per heavy atom. The number of hydrogen-bond donors (Lipinski definition) is 1. The summed E-state index contributed by atoms with van der Waals surface area (Å²) in [6, 6.07) is 13.0. The highest BCUT2D eigenvalue weighted by Crippen LogP contribution is 2.31. The molecule has 3 rings (SSSR count). The second-order valence-corrected chi connectivity index (χ2v) is 6.43. The van der Waals surface area contributed by atoms with Crippen LogP contribution in [0.25, 0.3) is 0 Å². The summed E-state index contributed by atoms with van der Waals surface area (Å²) in [5, 5.41) is 4.69. The van der Waals surface area contributed by atoms with Gasteiger partial charge in [-0.3, -0.25) is 0 Å². The number of aryl methyl sites for hydroxylation is 2. The van der Waals surface area contributed by atoms with Gasteiger partial charge in [-0.2, -0.15) is 0 Å². The summed E-state index contributed by atoms with van der Waals surface area (Å²) in [4.78, 5) is 0. The summed E-state index contributed by atoms with van der Waals surface area (Å²) >= 11 is 12.4. The predicted molar refractivity (Wildman–Crippen MR) is 90.4 cm³/mol. The molecule has 0 spiro atoms. The van der Waals surface area contributed by atoms with Crippen LogP contribution in [0.3, 0.4) is 0 Å². The molecule has 21 heavy (non-hydrogen) atoms. The molecule has 1 aliphatic carbocycles. The Kier molecular flexibility index (Phi) is 4.54. The van der Waals surface area contributed by atoms with E-state index < -0.39 is 0 Å². The molecule has 0 saturated heterocycles. The van der Waals surface area contributed by atoms with Crippen LogP contribution in [0.5, 0.6) is 0 Å². The van der Waals surface area contributed by atoms with Gasteiger partial charge >= 0.3 is 0 Å². The van der Waals surface area contributed by atoms with Crippen LogP contribution in [0.1, 0.15) is 34.7 Å². The normalized spacial score (nSPS) is 15.0. The highest BCUT2D eigenvalue weighted by molar-refractivity contribution is 6.42. The molecular formula is C18H19Cl2N. The van der Waals surface area contributed by atoms with Gasteiger partial charge in [0, 0.05) is 6.04 Å². The topological polar surface area (TPSA) is 12.0 Å². The molecule has 0 radical (unpaired) electrons. The average molecular weight is 320 g/mol. The van der Waals surface area contributed by atoms with Crippen LogP contribution in [0.4, 0.5) is 0 Å². The number of hydrogen-bond acceptors (Lipinski definition) is 1. The fourth-order valence-electron chi connectivity index (χ4n) is 3.12. The molecule has 0 bridgehead atoms. The van der Waals surface area contributed by atoms with E-state index in [1.54, 1.807) is 0 Å². The third-order valence-electron chi connectivity index (χ3n) is 4.33. The molecule has 0 saturated carbocycles. The minimum atomic E-state index is 0.256. The van der Waals surface area contributed by atoms with Crippen molar-refractivity contribution in [2.75, 3.05) is 7.05 Å². The van der Waals surface area contributed by atoms with Gasteiger partial charge in [-0.1, -0.05) is 53.5 Å². The number of rotatable bonds is 4. The van der Waals surface area contributed by atoms with E-state index in [-0.39, 0.29) is 6.04 Å². The van der Waals surface area contributed by atoms with E-state index in [4.69, 9.17) is 23.2 Å². The fraction of sp³-hybridized carbons (Fsp3) is 0.333. The van der Waals surface area contributed by atoms with Crippen LogP contribution in [0, 0.1) is 0 Å². The van der Waals surface area contributed by atoms with Crippen LogP contribution in [-0.2, 0) is 19.3 Å². The van der Waals surface area contributed by atoms with Gasteiger partial charge in [0.15, 0.2) is 0 Å². The minimum Gasteiger partial charge on any atom is -0.313 e. The van der Waals surface area contributed by atoms with E-state index in [1.807, 2.05) is 25.2 Å². The van der Waals surface area contributed by atoms with Gasteiger partial charge in [0.05, 0.1) is 10.0 Å². The molecule has 0 aliphatic heterocycles. The molecule has 0 amide bonds. The number of benzene rings is 2. The Bertz CT molecular complexity index is 652. The summed E-state index contributed by atoms with van der Waals surface area (Å²) in [7, 11) is 2.00. The second kappa shape index (κ2) is 6.39. The lowest BCUT2D eigenvalue weighted by Gasteiger charge is -2.19. The van der Waals surface area contributed by atoms with Gasteiger partial charge in [-0.25, -0.2) is 0 Å². The molecule has 0 aromatic heterocycles. The number of halogens is 2. The summed E-state index contributed by atoms with van der Waals surface area (Å²) < 4.78 is 0. The molecule has 2 aromatic rings. The molecule has 1 nitrogen and oxygen atoms in total. The van der Waals surface area contributed by atoms with Crippen molar-refractivity contribution in [3.8, 4) is 0 Å². The van der Waals surface area contributed by atoms with Gasteiger partial charge in [-0.05, 0) is 61.1 Å². The lowest BCUT2D eigenvalue weighted by atomic mass is 9.96. The van der Waals surface area contributed by atoms with E-state index in [0.717, 1.165) is 12.0 Å². The summed E-state index contributed by atoms with van der Waals surface area (Å²) in [6.45, 7) is 0. The second-order valence-electron chi connectivity index (χ2n) is 5.64. The highest BCUT2D eigenvalue weighted by Gasteiger charge is 2.17. The van der Waals surface area contributed by atoms with Gasteiger partial charge in [0.2, 0.25) is 0 Å². The quantitative estimate of drug-likeness (QED) is 0.837. The highest BCUT2D eigenvalue weighted by atomic mass is 35.5. The molecule has 1 atom stereocenters. The number of fused-ring (bicyclic) bond motifs is 1.